The second-order valence-corrected chi connectivity index (χ2v) is 6.07. The number of Topliss-reactive ketones (excluding diaryl/α,β-unsaturated/α-hetero) is 1. The molecule has 4 heteroatoms. The molecule has 4 nitrogen and oxygen atoms in total. The van der Waals surface area contributed by atoms with Crippen molar-refractivity contribution in [3.05, 3.63) is 29.3 Å². The minimum atomic E-state index is 0.0881. The third-order valence-corrected chi connectivity index (χ3v) is 4.47. The fourth-order valence-corrected chi connectivity index (χ4v) is 3.06. The second kappa shape index (κ2) is 7.05. The lowest BCUT2D eigenvalue weighted by molar-refractivity contribution is 0.101. The normalized spacial score (nSPS) is 22.3. The van der Waals surface area contributed by atoms with Crippen LogP contribution in [0.25, 0.3) is 0 Å². The highest BCUT2D eigenvalue weighted by atomic mass is 16.5. The van der Waals surface area contributed by atoms with Crippen molar-refractivity contribution >= 4 is 5.78 Å². The largest absolute Gasteiger partial charge is 0.496 e. The number of carbonyl (C=O) groups is 1. The number of hydrogen-bond donors (Lipinski definition) is 1. The summed E-state index contributed by atoms with van der Waals surface area (Å²) in [6.07, 6.45) is 4.48. The van der Waals surface area contributed by atoms with Crippen LogP contribution in [0, 0.1) is 0 Å². The minimum Gasteiger partial charge on any atom is -0.496 e. The minimum absolute atomic E-state index is 0.0881. The Balaban J connectivity index is 2.10. The summed E-state index contributed by atoms with van der Waals surface area (Å²) in [7, 11) is 3.81. The molecular formula is C17H26N2O2. The molecule has 1 aromatic rings. The zero-order valence-electron chi connectivity index (χ0n) is 13.3. The molecule has 1 aliphatic carbocycles. The van der Waals surface area contributed by atoms with E-state index in [-0.39, 0.29) is 5.78 Å². The van der Waals surface area contributed by atoms with Crippen molar-refractivity contribution in [2.24, 2.45) is 5.73 Å². The lowest BCUT2D eigenvalue weighted by Crippen LogP contribution is -2.38. The summed E-state index contributed by atoms with van der Waals surface area (Å²) in [5.41, 5.74) is 7.78. The number of methoxy groups -OCH3 is 1. The third-order valence-electron chi connectivity index (χ3n) is 4.47. The van der Waals surface area contributed by atoms with Crippen LogP contribution in [0.4, 0.5) is 0 Å². The highest BCUT2D eigenvalue weighted by Gasteiger charge is 2.22. The van der Waals surface area contributed by atoms with Crippen LogP contribution in [-0.2, 0) is 6.54 Å². The summed E-state index contributed by atoms with van der Waals surface area (Å²) in [5, 5.41) is 0. The molecule has 1 saturated carbocycles. The third kappa shape index (κ3) is 4.05. The Hall–Kier alpha value is -1.39. The molecule has 1 fully saturated rings. The van der Waals surface area contributed by atoms with Crippen LogP contribution in [0.1, 0.15) is 48.5 Å². The van der Waals surface area contributed by atoms with Gasteiger partial charge < -0.3 is 10.5 Å². The lowest BCUT2D eigenvalue weighted by atomic mass is 9.90. The summed E-state index contributed by atoms with van der Waals surface area (Å²) < 4.78 is 5.43. The molecule has 0 saturated heterocycles. The first-order valence-corrected chi connectivity index (χ1v) is 7.65. The van der Waals surface area contributed by atoms with Gasteiger partial charge >= 0.3 is 0 Å². The van der Waals surface area contributed by atoms with Crippen LogP contribution in [-0.4, -0.2) is 36.9 Å². The molecule has 2 N–H and O–H groups in total. The van der Waals surface area contributed by atoms with Gasteiger partial charge in [-0.1, -0.05) is 0 Å². The van der Waals surface area contributed by atoms with Gasteiger partial charge in [0.25, 0.3) is 0 Å². The Morgan fingerprint density at radius 1 is 1.33 bits per heavy atom. The first-order chi connectivity index (χ1) is 10.0. The van der Waals surface area contributed by atoms with Gasteiger partial charge in [-0.2, -0.15) is 0 Å². The van der Waals surface area contributed by atoms with Crippen LogP contribution in [0.5, 0.6) is 5.75 Å². The van der Waals surface area contributed by atoms with Gasteiger partial charge in [0.1, 0.15) is 5.75 Å². The Bertz CT molecular complexity index is 494. The van der Waals surface area contributed by atoms with E-state index in [9.17, 15) is 4.79 Å². The first kappa shape index (κ1) is 16.0. The average Bonchev–Trinajstić information content (AvgIpc) is 2.47. The quantitative estimate of drug-likeness (QED) is 0.847. The number of nitrogens with two attached hydrogens (primary N) is 1. The summed E-state index contributed by atoms with van der Waals surface area (Å²) in [6.45, 7) is 2.39. The highest BCUT2D eigenvalue weighted by Crippen LogP contribution is 2.26. The maximum absolute atomic E-state index is 11.6. The molecule has 0 unspecified atom stereocenters. The van der Waals surface area contributed by atoms with Crippen molar-refractivity contribution in [3.63, 3.8) is 0 Å². The monoisotopic (exact) mass is 290 g/mol. The molecule has 0 spiro atoms. The number of ketones is 1. The van der Waals surface area contributed by atoms with Crippen LogP contribution in [0.2, 0.25) is 0 Å². The topological polar surface area (TPSA) is 55.6 Å². The van der Waals surface area contributed by atoms with Crippen molar-refractivity contribution in [2.75, 3.05) is 14.2 Å². The molecule has 0 heterocycles. The second-order valence-electron chi connectivity index (χ2n) is 6.07. The van der Waals surface area contributed by atoms with Crippen molar-refractivity contribution in [1.82, 2.24) is 4.90 Å². The van der Waals surface area contributed by atoms with Gasteiger partial charge in [-0.25, -0.2) is 0 Å². The standard InChI is InChI=1S/C17H26N2O2/c1-12(20)13-4-9-17(21-3)14(10-13)11-19(2)16-7-5-15(18)6-8-16/h4,9-10,15-16H,5-8,11,18H2,1-3H3. The van der Waals surface area contributed by atoms with E-state index >= 15 is 0 Å². The summed E-state index contributed by atoms with van der Waals surface area (Å²) in [6, 6.07) is 6.59. The predicted octanol–water partition coefficient (Wildman–Crippen LogP) is 2.60. The molecule has 116 valence electrons. The first-order valence-electron chi connectivity index (χ1n) is 7.65. The van der Waals surface area contributed by atoms with E-state index in [0.717, 1.165) is 49.1 Å². The average molecular weight is 290 g/mol. The van der Waals surface area contributed by atoms with E-state index in [4.69, 9.17) is 10.5 Å². The highest BCUT2D eigenvalue weighted by molar-refractivity contribution is 5.94. The van der Waals surface area contributed by atoms with Gasteiger partial charge in [0.05, 0.1) is 7.11 Å². The molecule has 0 atom stereocenters. The number of ether oxygens (including phenoxy) is 1. The Morgan fingerprint density at radius 3 is 2.57 bits per heavy atom. The van der Waals surface area contributed by atoms with E-state index in [2.05, 4.69) is 11.9 Å². The Morgan fingerprint density at radius 2 is 2.00 bits per heavy atom. The van der Waals surface area contributed by atoms with Crippen LogP contribution >= 0.6 is 0 Å². The molecule has 0 amide bonds. The zero-order chi connectivity index (χ0) is 15.4. The molecule has 0 bridgehead atoms. The number of carbonyl (C=O) groups excluding carboxylic acids is 1. The van der Waals surface area contributed by atoms with Crippen molar-refractivity contribution in [1.29, 1.82) is 0 Å². The molecule has 1 aromatic carbocycles. The van der Waals surface area contributed by atoms with E-state index in [1.807, 2.05) is 18.2 Å². The van der Waals surface area contributed by atoms with Crippen LogP contribution in [0.3, 0.4) is 0 Å². The van der Waals surface area contributed by atoms with Crippen molar-refractivity contribution in [2.45, 2.75) is 51.2 Å². The Labute approximate surface area is 127 Å². The number of rotatable bonds is 5. The number of nitrogens with zero attached hydrogens (tertiary/aromatic N) is 1. The fraction of sp³-hybridized carbons (Fsp3) is 0.588. The molecular weight excluding hydrogens is 264 g/mol. The molecule has 0 aliphatic heterocycles. The Kier molecular flexibility index (Phi) is 5.37. The van der Waals surface area contributed by atoms with Gasteiger partial charge in [0.2, 0.25) is 0 Å². The van der Waals surface area contributed by atoms with Gasteiger partial charge in [-0.15, -0.1) is 0 Å². The maximum atomic E-state index is 11.6. The van der Waals surface area contributed by atoms with Gasteiger partial charge in [0, 0.05) is 29.8 Å². The molecule has 1 aliphatic rings. The van der Waals surface area contributed by atoms with Crippen molar-refractivity contribution < 1.29 is 9.53 Å². The SMILES string of the molecule is COc1ccc(C(C)=O)cc1CN(C)C1CCC(N)CC1. The van der Waals surface area contributed by atoms with Gasteiger partial charge in [0.15, 0.2) is 5.78 Å². The van der Waals surface area contributed by atoms with E-state index < -0.39 is 0 Å². The van der Waals surface area contributed by atoms with Crippen LogP contribution < -0.4 is 10.5 Å². The lowest BCUT2D eigenvalue weighted by Gasteiger charge is -2.33. The summed E-state index contributed by atoms with van der Waals surface area (Å²) in [5.74, 6) is 0.935. The smallest absolute Gasteiger partial charge is 0.159 e. The van der Waals surface area contributed by atoms with Gasteiger partial charge in [-0.05, 0) is 57.9 Å². The molecule has 21 heavy (non-hydrogen) atoms. The maximum Gasteiger partial charge on any atom is 0.159 e. The zero-order valence-corrected chi connectivity index (χ0v) is 13.3. The summed E-state index contributed by atoms with van der Waals surface area (Å²) in [4.78, 5) is 13.9. The van der Waals surface area contributed by atoms with E-state index in [1.165, 1.54) is 0 Å². The fourth-order valence-electron chi connectivity index (χ4n) is 3.06. The van der Waals surface area contributed by atoms with Gasteiger partial charge in [-0.3, -0.25) is 9.69 Å². The summed E-state index contributed by atoms with van der Waals surface area (Å²) >= 11 is 0. The molecule has 0 aromatic heterocycles. The van der Waals surface area contributed by atoms with Crippen molar-refractivity contribution in [3.8, 4) is 5.75 Å². The predicted molar refractivity (Wildman–Crippen MR) is 84.7 cm³/mol. The van der Waals surface area contributed by atoms with E-state index in [1.54, 1.807) is 14.0 Å². The van der Waals surface area contributed by atoms with E-state index in [0.29, 0.717) is 12.1 Å². The molecule has 2 rings (SSSR count). The number of hydrogen-bond acceptors (Lipinski definition) is 4. The number of benzene rings is 1. The molecule has 0 radical (unpaired) electrons. The van der Waals surface area contributed by atoms with Crippen LogP contribution in [0.15, 0.2) is 18.2 Å².